The van der Waals surface area contributed by atoms with E-state index in [-0.39, 0.29) is 0 Å². The summed E-state index contributed by atoms with van der Waals surface area (Å²) in [5.74, 6) is 0.907. The van der Waals surface area contributed by atoms with Gasteiger partial charge in [-0.15, -0.1) is 0 Å². The van der Waals surface area contributed by atoms with E-state index in [1.54, 1.807) is 0 Å². The SMILES string of the molecule is c1ccc2c(c1)OCc1cc3c(ccc4ncccc43)nc1-2. The molecule has 2 aromatic heterocycles. The van der Waals surface area contributed by atoms with E-state index in [9.17, 15) is 0 Å². The molecule has 3 heteroatoms. The van der Waals surface area contributed by atoms with Gasteiger partial charge in [-0.1, -0.05) is 18.2 Å². The number of benzene rings is 2. The van der Waals surface area contributed by atoms with Crippen LogP contribution in [0.4, 0.5) is 0 Å². The molecule has 1 aliphatic rings. The molecule has 0 N–H and O–H groups in total. The number of aromatic nitrogens is 2. The van der Waals surface area contributed by atoms with Gasteiger partial charge in [0.1, 0.15) is 12.4 Å². The van der Waals surface area contributed by atoms with Crippen molar-refractivity contribution in [3.05, 3.63) is 66.4 Å². The first-order chi connectivity index (χ1) is 10.9. The highest BCUT2D eigenvalue weighted by atomic mass is 16.5. The van der Waals surface area contributed by atoms with E-state index in [1.807, 2.05) is 42.6 Å². The number of rotatable bonds is 0. The summed E-state index contributed by atoms with van der Waals surface area (Å²) in [6, 6.07) is 18.4. The molecule has 3 heterocycles. The van der Waals surface area contributed by atoms with Gasteiger partial charge in [0.05, 0.1) is 16.7 Å². The van der Waals surface area contributed by atoms with Gasteiger partial charge in [0.25, 0.3) is 0 Å². The molecule has 5 rings (SSSR count). The zero-order chi connectivity index (χ0) is 14.5. The van der Waals surface area contributed by atoms with Crippen LogP contribution in [0.15, 0.2) is 60.8 Å². The lowest BCUT2D eigenvalue weighted by atomic mass is 9.99. The molecule has 0 spiro atoms. The molecular formula is C19H12N2O. The van der Waals surface area contributed by atoms with E-state index in [0.29, 0.717) is 6.61 Å². The fourth-order valence-corrected chi connectivity index (χ4v) is 3.13. The minimum Gasteiger partial charge on any atom is -0.488 e. The summed E-state index contributed by atoms with van der Waals surface area (Å²) in [6.07, 6.45) is 1.82. The first-order valence-electron chi connectivity index (χ1n) is 7.30. The molecule has 0 aliphatic carbocycles. The molecule has 104 valence electrons. The summed E-state index contributed by atoms with van der Waals surface area (Å²) >= 11 is 0. The zero-order valence-electron chi connectivity index (χ0n) is 11.8. The minimum atomic E-state index is 0.561. The van der Waals surface area contributed by atoms with Gasteiger partial charge in [-0.25, -0.2) is 4.98 Å². The van der Waals surface area contributed by atoms with Gasteiger partial charge in [0, 0.05) is 28.1 Å². The Kier molecular flexibility index (Phi) is 2.27. The van der Waals surface area contributed by atoms with Gasteiger partial charge in [-0.2, -0.15) is 0 Å². The number of hydrogen-bond acceptors (Lipinski definition) is 3. The van der Waals surface area contributed by atoms with E-state index in [0.717, 1.165) is 44.4 Å². The van der Waals surface area contributed by atoms with Crippen molar-refractivity contribution in [2.75, 3.05) is 0 Å². The monoisotopic (exact) mass is 284 g/mol. The number of fused-ring (bicyclic) bond motifs is 6. The number of ether oxygens (including phenoxy) is 1. The number of hydrogen-bond donors (Lipinski definition) is 0. The molecule has 0 fully saturated rings. The first kappa shape index (κ1) is 11.7. The molecule has 0 unspecified atom stereocenters. The summed E-state index contributed by atoms with van der Waals surface area (Å²) < 4.78 is 5.86. The number of para-hydroxylation sites is 1. The molecule has 0 bridgehead atoms. The quantitative estimate of drug-likeness (QED) is 0.450. The van der Waals surface area contributed by atoms with Crippen molar-refractivity contribution in [2.45, 2.75) is 6.61 Å². The molecule has 0 atom stereocenters. The second-order valence-corrected chi connectivity index (χ2v) is 5.48. The third kappa shape index (κ3) is 1.56. The third-order valence-corrected chi connectivity index (χ3v) is 4.18. The second kappa shape index (κ2) is 4.28. The fourth-order valence-electron chi connectivity index (χ4n) is 3.13. The van der Waals surface area contributed by atoms with Gasteiger partial charge < -0.3 is 4.74 Å². The summed E-state index contributed by atoms with van der Waals surface area (Å²) in [5.41, 5.74) is 5.21. The average molecular weight is 284 g/mol. The van der Waals surface area contributed by atoms with Crippen molar-refractivity contribution >= 4 is 21.8 Å². The predicted molar refractivity (Wildman–Crippen MR) is 86.8 cm³/mol. The lowest BCUT2D eigenvalue weighted by Crippen LogP contribution is -2.07. The van der Waals surface area contributed by atoms with E-state index < -0.39 is 0 Å². The molecule has 0 saturated carbocycles. The van der Waals surface area contributed by atoms with Crippen LogP contribution in [0.25, 0.3) is 33.1 Å². The molecule has 2 aromatic carbocycles. The van der Waals surface area contributed by atoms with Gasteiger partial charge in [-0.3, -0.25) is 4.98 Å². The highest BCUT2D eigenvalue weighted by Gasteiger charge is 2.19. The Morgan fingerprint density at radius 2 is 1.77 bits per heavy atom. The van der Waals surface area contributed by atoms with Crippen LogP contribution in [0.1, 0.15) is 5.56 Å². The zero-order valence-corrected chi connectivity index (χ0v) is 11.8. The van der Waals surface area contributed by atoms with Crippen LogP contribution in [0.5, 0.6) is 5.75 Å². The molecule has 4 aromatic rings. The van der Waals surface area contributed by atoms with Crippen LogP contribution in [0.3, 0.4) is 0 Å². The van der Waals surface area contributed by atoms with Gasteiger partial charge in [-0.05, 0) is 36.4 Å². The van der Waals surface area contributed by atoms with Crippen LogP contribution in [-0.2, 0) is 6.61 Å². The Labute approximate surface area is 127 Å². The Morgan fingerprint density at radius 1 is 0.864 bits per heavy atom. The Hall–Kier alpha value is -2.94. The first-order valence-corrected chi connectivity index (χ1v) is 7.30. The summed E-state index contributed by atoms with van der Waals surface area (Å²) in [7, 11) is 0. The van der Waals surface area contributed by atoms with Crippen LogP contribution in [-0.4, -0.2) is 9.97 Å². The number of pyridine rings is 2. The van der Waals surface area contributed by atoms with Crippen LogP contribution >= 0.6 is 0 Å². The van der Waals surface area contributed by atoms with E-state index in [2.05, 4.69) is 23.2 Å². The van der Waals surface area contributed by atoms with E-state index in [1.165, 1.54) is 0 Å². The Morgan fingerprint density at radius 3 is 2.77 bits per heavy atom. The highest BCUT2D eigenvalue weighted by molar-refractivity contribution is 6.05. The van der Waals surface area contributed by atoms with Crippen molar-refractivity contribution in [1.82, 2.24) is 9.97 Å². The van der Waals surface area contributed by atoms with Crippen molar-refractivity contribution in [3.63, 3.8) is 0 Å². The van der Waals surface area contributed by atoms with Crippen molar-refractivity contribution in [1.29, 1.82) is 0 Å². The van der Waals surface area contributed by atoms with Crippen molar-refractivity contribution < 1.29 is 4.74 Å². The predicted octanol–water partition coefficient (Wildman–Crippen LogP) is 4.34. The maximum absolute atomic E-state index is 5.86. The molecule has 0 radical (unpaired) electrons. The molecule has 0 saturated heterocycles. The molecular weight excluding hydrogens is 272 g/mol. The van der Waals surface area contributed by atoms with Gasteiger partial charge >= 0.3 is 0 Å². The smallest absolute Gasteiger partial charge is 0.129 e. The molecule has 3 nitrogen and oxygen atoms in total. The lowest BCUT2D eigenvalue weighted by Gasteiger charge is -2.20. The van der Waals surface area contributed by atoms with Crippen LogP contribution in [0.2, 0.25) is 0 Å². The third-order valence-electron chi connectivity index (χ3n) is 4.18. The normalized spacial score (nSPS) is 12.7. The van der Waals surface area contributed by atoms with E-state index >= 15 is 0 Å². The summed E-state index contributed by atoms with van der Waals surface area (Å²) in [5, 5.41) is 2.27. The Bertz CT molecular complexity index is 1040. The van der Waals surface area contributed by atoms with Crippen molar-refractivity contribution in [2.24, 2.45) is 0 Å². The number of nitrogens with zero attached hydrogens (tertiary/aromatic N) is 2. The Balaban J connectivity index is 1.88. The van der Waals surface area contributed by atoms with Gasteiger partial charge in [0.15, 0.2) is 0 Å². The van der Waals surface area contributed by atoms with Crippen LogP contribution < -0.4 is 4.74 Å². The standard InChI is InChI=1S/C19H12N2O/c1-2-6-18-14(4-1)19-12(11-22-18)10-15-13-5-3-9-20-16(13)7-8-17(15)21-19/h1-10H,11H2. The van der Waals surface area contributed by atoms with Crippen molar-refractivity contribution in [3.8, 4) is 17.0 Å². The topological polar surface area (TPSA) is 35.0 Å². The maximum atomic E-state index is 5.86. The van der Waals surface area contributed by atoms with E-state index in [4.69, 9.17) is 9.72 Å². The minimum absolute atomic E-state index is 0.561. The summed E-state index contributed by atoms with van der Waals surface area (Å²) in [6.45, 7) is 0.561. The average Bonchev–Trinajstić information content (AvgIpc) is 2.60. The maximum Gasteiger partial charge on any atom is 0.129 e. The molecule has 1 aliphatic heterocycles. The highest BCUT2D eigenvalue weighted by Crippen LogP contribution is 2.38. The molecule has 22 heavy (non-hydrogen) atoms. The summed E-state index contributed by atoms with van der Waals surface area (Å²) in [4.78, 5) is 9.32. The van der Waals surface area contributed by atoms with Crippen LogP contribution in [0, 0.1) is 0 Å². The second-order valence-electron chi connectivity index (χ2n) is 5.48. The lowest BCUT2D eigenvalue weighted by molar-refractivity contribution is 0.302. The largest absolute Gasteiger partial charge is 0.488 e. The fraction of sp³-hybridized carbons (Fsp3) is 0.0526. The molecule has 0 amide bonds. The van der Waals surface area contributed by atoms with Gasteiger partial charge in [0.2, 0.25) is 0 Å².